The van der Waals surface area contributed by atoms with Gasteiger partial charge in [0.25, 0.3) is 0 Å². The fourth-order valence-corrected chi connectivity index (χ4v) is 5.83. The van der Waals surface area contributed by atoms with Gasteiger partial charge in [-0.15, -0.1) is 0 Å². The minimum absolute atomic E-state index is 0.307. The predicted octanol–water partition coefficient (Wildman–Crippen LogP) is 6.65. The molecule has 3 aromatic carbocycles. The van der Waals surface area contributed by atoms with E-state index in [0.29, 0.717) is 50.9 Å². The molecule has 2 unspecified atom stereocenters. The molecule has 2 saturated heterocycles. The van der Waals surface area contributed by atoms with Gasteiger partial charge in [0.2, 0.25) is 0 Å². The van der Waals surface area contributed by atoms with Gasteiger partial charge in [-0.2, -0.15) is 0 Å². The Bertz CT molecular complexity index is 1840. The third kappa shape index (κ3) is 9.98. The zero-order valence-electron chi connectivity index (χ0n) is 30.9. The molecular weight excluding hydrogens is 660 g/mol. The Morgan fingerprint density at radius 1 is 0.827 bits per heavy atom. The maximum absolute atomic E-state index is 12.9. The summed E-state index contributed by atoms with van der Waals surface area (Å²) in [6, 6.07) is 20.1. The maximum Gasteiger partial charge on any atom is 0.412 e. The van der Waals surface area contributed by atoms with E-state index in [4.69, 9.17) is 24.7 Å². The predicted molar refractivity (Wildman–Crippen MR) is 206 cm³/mol. The molecule has 2 amide bonds. The van der Waals surface area contributed by atoms with E-state index < -0.39 is 29.6 Å². The Morgan fingerprint density at radius 2 is 1.40 bits per heavy atom. The molecule has 5 rings (SSSR count). The van der Waals surface area contributed by atoms with Gasteiger partial charge < -0.3 is 30.0 Å². The highest BCUT2D eigenvalue weighted by Gasteiger charge is 2.32. The van der Waals surface area contributed by atoms with Crippen LogP contribution >= 0.6 is 0 Å². The standard InChI is InChI=1S/C40H50N6O6/c1-39(2,3)51-37(47)45-16-18-49-25-33(45)23-43-34(22-41)32-15-14-30-20-29(12-13-31(30)21-32)27-8-10-28(11-9-27)35(24-42-7)44-36-26-50-19-17-46(36)38(48)52-40(4,5)6/h8-15,20-24,33,36,44H,7,16-19,25-26,41H2,1-6H3/b34-22-,35-24-,43-23?. The van der Waals surface area contributed by atoms with Gasteiger partial charge in [-0.25, -0.2) is 9.59 Å². The lowest BCUT2D eigenvalue weighted by Crippen LogP contribution is -2.56. The number of benzene rings is 3. The van der Waals surface area contributed by atoms with Gasteiger partial charge in [-0.3, -0.25) is 19.8 Å². The second-order valence-electron chi connectivity index (χ2n) is 14.6. The van der Waals surface area contributed by atoms with Crippen LogP contribution in [-0.4, -0.2) is 97.8 Å². The quantitative estimate of drug-likeness (QED) is 0.248. The fourth-order valence-electron chi connectivity index (χ4n) is 5.83. The van der Waals surface area contributed by atoms with Crippen LogP contribution in [0.1, 0.15) is 52.7 Å². The smallest absolute Gasteiger partial charge is 0.412 e. The molecule has 3 aromatic rings. The zero-order valence-corrected chi connectivity index (χ0v) is 30.9. The van der Waals surface area contributed by atoms with Crippen LogP contribution in [0.2, 0.25) is 0 Å². The summed E-state index contributed by atoms with van der Waals surface area (Å²) in [6.45, 7) is 17.0. The van der Waals surface area contributed by atoms with Gasteiger partial charge in [0.05, 0.1) is 43.9 Å². The number of hydrogen-bond donors (Lipinski definition) is 2. The molecule has 2 atom stereocenters. The maximum atomic E-state index is 12.9. The number of carbonyl (C=O) groups excluding carboxylic acids is 2. The molecule has 2 fully saturated rings. The molecule has 0 radical (unpaired) electrons. The molecule has 3 N–H and O–H groups in total. The van der Waals surface area contributed by atoms with Gasteiger partial charge in [-0.1, -0.05) is 48.5 Å². The normalized spacial score (nSPS) is 19.1. The number of amides is 2. The SMILES string of the molecule is C=N/C=C(\NC1COCCN1C(=O)OC(C)(C)C)c1ccc(-c2ccc3cc(/C(=C/N)N=CC4COCCN4C(=O)OC(C)(C)C)ccc3c2)cc1. The molecule has 0 aromatic heterocycles. The number of morpholine rings is 2. The van der Waals surface area contributed by atoms with E-state index in [1.807, 2.05) is 84.0 Å². The topological polar surface area (TPSA) is 140 Å². The highest BCUT2D eigenvalue weighted by Crippen LogP contribution is 2.29. The van der Waals surface area contributed by atoms with E-state index >= 15 is 0 Å². The Kier molecular flexibility index (Phi) is 12.0. The van der Waals surface area contributed by atoms with E-state index in [9.17, 15) is 9.59 Å². The van der Waals surface area contributed by atoms with Crippen molar-refractivity contribution in [3.63, 3.8) is 0 Å². The fraction of sp³-hybridized carbons (Fsp3) is 0.400. The van der Waals surface area contributed by atoms with Crippen molar-refractivity contribution in [1.82, 2.24) is 15.1 Å². The van der Waals surface area contributed by atoms with Gasteiger partial charge in [0.1, 0.15) is 17.4 Å². The molecular formula is C40H50N6O6. The van der Waals surface area contributed by atoms with Crippen molar-refractivity contribution in [2.75, 3.05) is 39.5 Å². The van der Waals surface area contributed by atoms with Crippen LogP contribution in [0.4, 0.5) is 9.59 Å². The van der Waals surface area contributed by atoms with E-state index in [-0.39, 0.29) is 6.04 Å². The molecule has 2 aliphatic heterocycles. The average molecular weight is 711 g/mol. The molecule has 0 aliphatic carbocycles. The number of nitrogens with one attached hydrogen (secondary N) is 1. The van der Waals surface area contributed by atoms with Crippen LogP contribution in [-0.2, 0) is 18.9 Å². The molecule has 52 heavy (non-hydrogen) atoms. The summed E-state index contributed by atoms with van der Waals surface area (Å²) in [4.78, 5) is 37.7. The first kappa shape index (κ1) is 38.0. The number of carbonyl (C=O) groups is 2. The van der Waals surface area contributed by atoms with E-state index in [1.165, 1.54) is 6.20 Å². The largest absolute Gasteiger partial charge is 0.444 e. The van der Waals surface area contributed by atoms with Gasteiger partial charge >= 0.3 is 12.2 Å². The molecule has 12 nitrogen and oxygen atoms in total. The molecule has 2 aliphatic rings. The number of nitrogens with zero attached hydrogens (tertiary/aromatic N) is 4. The summed E-state index contributed by atoms with van der Waals surface area (Å²) >= 11 is 0. The van der Waals surface area contributed by atoms with Crippen molar-refractivity contribution in [3.05, 3.63) is 84.2 Å². The summed E-state index contributed by atoms with van der Waals surface area (Å²) in [5.41, 5.74) is 9.92. The van der Waals surface area contributed by atoms with E-state index in [0.717, 1.165) is 33.0 Å². The van der Waals surface area contributed by atoms with Crippen LogP contribution in [0.15, 0.2) is 83.0 Å². The van der Waals surface area contributed by atoms with Crippen LogP contribution < -0.4 is 11.1 Å². The van der Waals surface area contributed by atoms with Crippen LogP contribution in [0.3, 0.4) is 0 Å². The summed E-state index contributed by atoms with van der Waals surface area (Å²) in [5.74, 6) is 0. The first-order chi connectivity index (χ1) is 24.7. The number of nitrogens with two attached hydrogens (primary N) is 1. The summed E-state index contributed by atoms with van der Waals surface area (Å²) in [5, 5.41) is 5.49. The number of aliphatic imine (C=N–C) groups is 2. The summed E-state index contributed by atoms with van der Waals surface area (Å²) in [6.07, 6.45) is 3.56. The minimum atomic E-state index is -0.611. The summed E-state index contributed by atoms with van der Waals surface area (Å²) in [7, 11) is 0. The average Bonchev–Trinajstić information content (AvgIpc) is 3.10. The van der Waals surface area contributed by atoms with E-state index in [2.05, 4.69) is 40.2 Å². The molecule has 2 heterocycles. The van der Waals surface area contributed by atoms with Gasteiger partial charge in [0.15, 0.2) is 0 Å². The third-order valence-corrected chi connectivity index (χ3v) is 8.30. The number of rotatable bonds is 8. The third-order valence-electron chi connectivity index (χ3n) is 8.30. The van der Waals surface area contributed by atoms with E-state index in [1.54, 1.807) is 22.2 Å². The molecule has 276 valence electrons. The number of fused-ring (bicyclic) bond motifs is 1. The van der Waals surface area contributed by atoms with Crippen LogP contribution in [0.5, 0.6) is 0 Å². The number of hydrogen-bond acceptors (Lipinski definition) is 10. The van der Waals surface area contributed by atoms with Crippen molar-refractivity contribution in [1.29, 1.82) is 0 Å². The second-order valence-corrected chi connectivity index (χ2v) is 14.6. The highest BCUT2D eigenvalue weighted by atomic mass is 16.6. The Labute approximate surface area is 306 Å². The lowest BCUT2D eigenvalue weighted by atomic mass is 9.98. The minimum Gasteiger partial charge on any atom is -0.444 e. The monoisotopic (exact) mass is 710 g/mol. The van der Waals surface area contributed by atoms with Gasteiger partial charge in [-0.05, 0) is 87.9 Å². The van der Waals surface area contributed by atoms with Crippen molar-refractivity contribution in [2.24, 2.45) is 15.7 Å². The van der Waals surface area contributed by atoms with Crippen molar-refractivity contribution >= 4 is 47.3 Å². The molecule has 0 bridgehead atoms. The number of ether oxygens (including phenoxy) is 4. The van der Waals surface area contributed by atoms with Gasteiger partial charge in [0, 0.05) is 37.3 Å². The highest BCUT2D eigenvalue weighted by molar-refractivity contribution is 5.91. The first-order valence-corrected chi connectivity index (χ1v) is 17.4. The summed E-state index contributed by atoms with van der Waals surface area (Å²) < 4.78 is 22.5. The van der Waals surface area contributed by atoms with Crippen LogP contribution in [0.25, 0.3) is 33.3 Å². The Morgan fingerprint density at radius 3 is 2.06 bits per heavy atom. The van der Waals surface area contributed by atoms with Crippen molar-refractivity contribution in [2.45, 2.75) is 65.0 Å². The first-order valence-electron chi connectivity index (χ1n) is 17.4. The lowest BCUT2D eigenvalue weighted by molar-refractivity contribution is -0.0363. The molecule has 12 heteroatoms. The molecule has 0 saturated carbocycles. The lowest BCUT2D eigenvalue weighted by Gasteiger charge is -2.37. The second kappa shape index (κ2) is 16.4. The molecule has 0 spiro atoms. The Hall–Kier alpha value is -5.20. The van der Waals surface area contributed by atoms with Crippen LogP contribution in [0, 0.1) is 0 Å². The van der Waals surface area contributed by atoms with Crippen molar-refractivity contribution in [3.8, 4) is 11.1 Å². The zero-order chi connectivity index (χ0) is 37.5. The van der Waals surface area contributed by atoms with Crippen molar-refractivity contribution < 1.29 is 28.5 Å². The Balaban J connectivity index is 1.29.